The van der Waals surface area contributed by atoms with E-state index in [1.807, 2.05) is 6.92 Å². The Hall–Kier alpha value is -1.90. The van der Waals surface area contributed by atoms with Gasteiger partial charge in [-0.05, 0) is 24.6 Å². The van der Waals surface area contributed by atoms with Crippen molar-refractivity contribution in [3.63, 3.8) is 0 Å². The lowest BCUT2D eigenvalue weighted by molar-refractivity contribution is 0.350. The first kappa shape index (κ1) is 13.5. The zero-order valence-corrected chi connectivity index (χ0v) is 11.1. The Morgan fingerprint density at radius 3 is 2.89 bits per heavy atom. The fraction of sp³-hybridized carbons (Fsp3) is 0.214. The summed E-state index contributed by atoms with van der Waals surface area (Å²) in [6.07, 6.45) is 0. The number of aliphatic hydroxyl groups excluding tert-OH is 1. The second-order valence-corrected chi connectivity index (χ2v) is 4.81. The molecule has 1 aromatic carbocycles. The Labute approximate surface area is 114 Å². The van der Waals surface area contributed by atoms with E-state index in [-0.39, 0.29) is 17.3 Å². The highest BCUT2D eigenvalue weighted by molar-refractivity contribution is 7.07. The fourth-order valence-electron chi connectivity index (χ4n) is 1.70. The van der Waals surface area contributed by atoms with E-state index in [0.29, 0.717) is 12.1 Å². The molecular weight excluding hydrogens is 265 g/mol. The summed E-state index contributed by atoms with van der Waals surface area (Å²) in [7, 11) is 0. The summed E-state index contributed by atoms with van der Waals surface area (Å²) in [6.45, 7) is 1.91. The van der Waals surface area contributed by atoms with Crippen LogP contribution in [0.15, 0.2) is 28.4 Å². The number of rotatable bonds is 2. The molecule has 0 bridgehead atoms. The quantitative estimate of drug-likeness (QED) is 0.850. The molecule has 1 N–H and O–H groups in total. The number of hydrogen-bond acceptors (Lipinski definition) is 3. The van der Waals surface area contributed by atoms with Crippen molar-refractivity contribution in [1.29, 1.82) is 0 Å². The Balaban J connectivity index is 2.43. The van der Waals surface area contributed by atoms with E-state index in [0.717, 1.165) is 22.6 Å². The van der Waals surface area contributed by atoms with Gasteiger partial charge in [-0.3, -0.25) is 9.36 Å². The molecular formula is C14H12FNO2S. The molecule has 0 aliphatic rings. The van der Waals surface area contributed by atoms with Crippen molar-refractivity contribution in [3.05, 3.63) is 55.9 Å². The van der Waals surface area contributed by atoms with Gasteiger partial charge in [-0.25, -0.2) is 4.39 Å². The number of hydrogen-bond donors (Lipinski definition) is 1. The number of benzene rings is 1. The van der Waals surface area contributed by atoms with Gasteiger partial charge in [-0.1, -0.05) is 29.2 Å². The SMILES string of the molecule is Cc1csc(=O)n1Cc1ccc(F)cc1C#CCO. The van der Waals surface area contributed by atoms with Crippen molar-refractivity contribution >= 4 is 11.3 Å². The predicted molar refractivity (Wildman–Crippen MR) is 72.8 cm³/mol. The number of nitrogens with zero attached hydrogens (tertiary/aromatic N) is 1. The van der Waals surface area contributed by atoms with Gasteiger partial charge in [-0.2, -0.15) is 0 Å². The van der Waals surface area contributed by atoms with E-state index >= 15 is 0 Å². The van der Waals surface area contributed by atoms with Crippen LogP contribution in [0.4, 0.5) is 4.39 Å². The summed E-state index contributed by atoms with van der Waals surface area (Å²) < 4.78 is 14.8. The Morgan fingerprint density at radius 2 is 2.26 bits per heavy atom. The molecule has 1 heterocycles. The van der Waals surface area contributed by atoms with Crippen LogP contribution >= 0.6 is 11.3 Å². The Kier molecular flexibility index (Phi) is 4.15. The highest BCUT2D eigenvalue weighted by atomic mass is 32.1. The average Bonchev–Trinajstić information content (AvgIpc) is 2.70. The lowest BCUT2D eigenvalue weighted by Crippen LogP contribution is -2.16. The molecule has 0 aliphatic heterocycles. The van der Waals surface area contributed by atoms with Crippen LogP contribution in [0.3, 0.4) is 0 Å². The van der Waals surface area contributed by atoms with Gasteiger partial charge in [-0.15, -0.1) is 0 Å². The van der Waals surface area contributed by atoms with Gasteiger partial charge in [0.1, 0.15) is 12.4 Å². The predicted octanol–water partition coefficient (Wildman–Crippen LogP) is 1.75. The molecule has 2 aromatic rings. The molecule has 0 saturated heterocycles. The van der Waals surface area contributed by atoms with E-state index < -0.39 is 0 Å². The zero-order chi connectivity index (χ0) is 13.8. The maximum absolute atomic E-state index is 13.2. The number of aromatic nitrogens is 1. The molecule has 2 rings (SSSR count). The minimum Gasteiger partial charge on any atom is -0.384 e. The summed E-state index contributed by atoms with van der Waals surface area (Å²) in [5, 5.41) is 10.5. The van der Waals surface area contributed by atoms with Crippen LogP contribution in [0.1, 0.15) is 16.8 Å². The molecule has 0 atom stereocenters. The molecule has 0 aliphatic carbocycles. The molecule has 0 radical (unpaired) electrons. The molecule has 98 valence electrons. The van der Waals surface area contributed by atoms with Crippen LogP contribution in [0, 0.1) is 24.6 Å². The van der Waals surface area contributed by atoms with Crippen LogP contribution in [0.2, 0.25) is 0 Å². The zero-order valence-electron chi connectivity index (χ0n) is 10.3. The van der Waals surface area contributed by atoms with Gasteiger partial charge >= 0.3 is 4.87 Å². The van der Waals surface area contributed by atoms with E-state index in [9.17, 15) is 9.18 Å². The maximum Gasteiger partial charge on any atom is 0.307 e. The third-order valence-corrected chi connectivity index (χ3v) is 3.56. The Bertz CT molecular complexity index is 706. The lowest BCUT2D eigenvalue weighted by atomic mass is 10.1. The summed E-state index contributed by atoms with van der Waals surface area (Å²) in [4.78, 5) is 11.6. The van der Waals surface area contributed by atoms with Crippen molar-refractivity contribution in [3.8, 4) is 11.8 Å². The summed E-state index contributed by atoms with van der Waals surface area (Å²) in [6, 6.07) is 4.26. The number of halogens is 1. The van der Waals surface area contributed by atoms with E-state index in [1.165, 1.54) is 12.1 Å². The Morgan fingerprint density at radius 1 is 1.47 bits per heavy atom. The number of thiazole rings is 1. The number of aliphatic hydroxyl groups is 1. The van der Waals surface area contributed by atoms with Gasteiger partial charge in [0.25, 0.3) is 0 Å². The fourth-order valence-corrected chi connectivity index (χ4v) is 2.44. The van der Waals surface area contributed by atoms with Gasteiger partial charge < -0.3 is 5.11 Å². The summed E-state index contributed by atoms with van der Waals surface area (Å²) >= 11 is 1.13. The molecule has 0 amide bonds. The molecule has 0 unspecified atom stereocenters. The molecule has 0 spiro atoms. The van der Waals surface area contributed by atoms with Crippen molar-refractivity contribution in [2.75, 3.05) is 6.61 Å². The first-order chi connectivity index (χ1) is 9.11. The summed E-state index contributed by atoms with van der Waals surface area (Å²) in [5.74, 6) is 4.81. The maximum atomic E-state index is 13.2. The second kappa shape index (κ2) is 5.83. The lowest BCUT2D eigenvalue weighted by Gasteiger charge is -2.07. The van der Waals surface area contributed by atoms with Crippen molar-refractivity contribution in [2.45, 2.75) is 13.5 Å². The third kappa shape index (κ3) is 3.11. The molecule has 19 heavy (non-hydrogen) atoms. The molecule has 1 aromatic heterocycles. The minimum absolute atomic E-state index is 0.0529. The monoisotopic (exact) mass is 277 g/mol. The second-order valence-electron chi connectivity index (χ2n) is 3.99. The van der Waals surface area contributed by atoms with Gasteiger partial charge in [0.2, 0.25) is 0 Å². The van der Waals surface area contributed by atoms with Crippen LogP contribution in [0.25, 0.3) is 0 Å². The van der Waals surface area contributed by atoms with E-state index in [4.69, 9.17) is 5.11 Å². The summed E-state index contributed by atoms with van der Waals surface area (Å²) in [5.41, 5.74) is 2.11. The van der Waals surface area contributed by atoms with Crippen LogP contribution < -0.4 is 4.87 Å². The first-order valence-corrected chi connectivity index (χ1v) is 6.53. The highest BCUT2D eigenvalue weighted by Crippen LogP contribution is 2.13. The standard InChI is InChI=1S/C14H12FNO2S/c1-10-9-19-14(18)16(10)8-12-4-5-13(15)7-11(12)3-2-6-17/h4-5,7,9,17H,6,8H2,1H3. The molecule has 3 nitrogen and oxygen atoms in total. The van der Waals surface area contributed by atoms with Crippen molar-refractivity contribution in [1.82, 2.24) is 4.57 Å². The smallest absolute Gasteiger partial charge is 0.307 e. The van der Waals surface area contributed by atoms with Crippen LogP contribution in [-0.4, -0.2) is 16.3 Å². The van der Waals surface area contributed by atoms with Crippen LogP contribution in [-0.2, 0) is 6.54 Å². The van der Waals surface area contributed by atoms with Gasteiger partial charge in [0.05, 0.1) is 6.54 Å². The largest absolute Gasteiger partial charge is 0.384 e. The molecule has 0 fully saturated rings. The topological polar surface area (TPSA) is 42.2 Å². The number of aryl methyl sites for hydroxylation is 1. The van der Waals surface area contributed by atoms with Crippen LogP contribution in [0.5, 0.6) is 0 Å². The van der Waals surface area contributed by atoms with Crippen molar-refractivity contribution in [2.24, 2.45) is 0 Å². The van der Waals surface area contributed by atoms with Crippen molar-refractivity contribution < 1.29 is 9.50 Å². The molecule has 5 heteroatoms. The minimum atomic E-state index is -0.389. The van der Waals surface area contributed by atoms with E-state index in [2.05, 4.69) is 11.8 Å². The van der Waals surface area contributed by atoms with Gasteiger partial charge in [0.15, 0.2) is 0 Å². The third-order valence-electron chi connectivity index (χ3n) is 2.68. The van der Waals surface area contributed by atoms with Gasteiger partial charge in [0, 0.05) is 16.6 Å². The first-order valence-electron chi connectivity index (χ1n) is 5.65. The highest BCUT2D eigenvalue weighted by Gasteiger charge is 2.07. The molecule has 0 saturated carbocycles. The average molecular weight is 277 g/mol. The van der Waals surface area contributed by atoms with E-state index in [1.54, 1.807) is 16.0 Å². The normalized spacial score (nSPS) is 10.1.